The van der Waals surface area contributed by atoms with Gasteiger partial charge in [0.25, 0.3) is 0 Å². The topological polar surface area (TPSA) is 24.1 Å². The van der Waals surface area contributed by atoms with E-state index < -0.39 is 0 Å². The fourth-order valence-electron chi connectivity index (χ4n) is 2.41. The summed E-state index contributed by atoms with van der Waals surface area (Å²) in [6, 6.07) is 0.743. The highest BCUT2D eigenvalue weighted by atomic mass is 15.0. The minimum absolute atomic E-state index is 0.743. The van der Waals surface area contributed by atoms with Gasteiger partial charge in [0.2, 0.25) is 0 Å². The maximum atomic E-state index is 3.62. The van der Waals surface area contributed by atoms with Crippen molar-refractivity contribution in [2.75, 3.05) is 19.6 Å². The van der Waals surface area contributed by atoms with Crippen LogP contribution < -0.4 is 10.6 Å². The van der Waals surface area contributed by atoms with Gasteiger partial charge in [-0.1, -0.05) is 13.3 Å². The van der Waals surface area contributed by atoms with Crippen molar-refractivity contribution >= 4 is 0 Å². The molecule has 82 valence electrons. The summed E-state index contributed by atoms with van der Waals surface area (Å²) < 4.78 is 0. The van der Waals surface area contributed by atoms with Gasteiger partial charge in [0.05, 0.1) is 0 Å². The maximum Gasteiger partial charge on any atom is 0.0195 e. The van der Waals surface area contributed by atoms with E-state index in [0.29, 0.717) is 0 Å². The molecule has 1 saturated heterocycles. The second kappa shape index (κ2) is 5.13. The van der Waals surface area contributed by atoms with E-state index in [2.05, 4.69) is 17.6 Å². The molecule has 0 amide bonds. The van der Waals surface area contributed by atoms with Gasteiger partial charge in [-0.2, -0.15) is 0 Å². The lowest BCUT2D eigenvalue weighted by Gasteiger charge is -2.30. The highest BCUT2D eigenvalue weighted by Crippen LogP contribution is 2.27. The van der Waals surface area contributed by atoms with Gasteiger partial charge in [0.1, 0.15) is 0 Å². The molecule has 0 radical (unpaired) electrons. The lowest BCUT2D eigenvalue weighted by molar-refractivity contribution is 0.288. The summed E-state index contributed by atoms with van der Waals surface area (Å²) in [6.45, 7) is 6.00. The molecule has 14 heavy (non-hydrogen) atoms. The van der Waals surface area contributed by atoms with Crippen LogP contribution in [0.4, 0.5) is 0 Å². The van der Waals surface area contributed by atoms with Gasteiger partial charge in [-0.3, -0.25) is 0 Å². The van der Waals surface area contributed by atoms with Crippen molar-refractivity contribution in [2.45, 2.75) is 45.1 Å². The number of hydrogen-bond acceptors (Lipinski definition) is 2. The Labute approximate surface area is 87.8 Å². The van der Waals surface area contributed by atoms with E-state index in [1.54, 1.807) is 0 Å². The van der Waals surface area contributed by atoms with Crippen LogP contribution in [0.1, 0.15) is 39.0 Å². The minimum atomic E-state index is 0.743. The zero-order chi connectivity index (χ0) is 9.80. The molecule has 2 fully saturated rings. The zero-order valence-electron chi connectivity index (χ0n) is 9.39. The van der Waals surface area contributed by atoms with Crippen LogP contribution in [0.15, 0.2) is 0 Å². The number of rotatable bonds is 5. The molecule has 2 N–H and O–H groups in total. The third-order valence-corrected chi connectivity index (χ3v) is 3.70. The van der Waals surface area contributed by atoms with Crippen LogP contribution in [-0.2, 0) is 0 Å². The number of nitrogens with one attached hydrogen (secondary N) is 2. The average molecular weight is 196 g/mol. The van der Waals surface area contributed by atoms with Gasteiger partial charge in [0.15, 0.2) is 0 Å². The van der Waals surface area contributed by atoms with E-state index in [0.717, 1.165) is 17.9 Å². The lowest BCUT2D eigenvalue weighted by atomic mass is 9.90. The first-order valence-electron chi connectivity index (χ1n) is 6.32. The Morgan fingerprint density at radius 3 is 2.71 bits per heavy atom. The molecular formula is C12H24N2. The van der Waals surface area contributed by atoms with Gasteiger partial charge in [0, 0.05) is 12.6 Å². The summed E-state index contributed by atoms with van der Waals surface area (Å²) in [6.07, 6.45) is 7.05. The molecule has 1 heterocycles. The van der Waals surface area contributed by atoms with Gasteiger partial charge in [-0.15, -0.1) is 0 Å². The Kier molecular flexibility index (Phi) is 3.82. The monoisotopic (exact) mass is 196 g/mol. The van der Waals surface area contributed by atoms with Crippen LogP contribution in [0, 0.1) is 11.8 Å². The van der Waals surface area contributed by atoms with E-state index in [4.69, 9.17) is 0 Å². The van der Waals surface area contributed by atoms with Gasteiger partial charge in [-0.25, -0.2) is 0 Å². The fraction of sp³-hybridized carbons (Fsp3) is 1.00. The number of piperidine rings is 1. The summed E-state index contributed by atoms with van der Waals surface area (Å²) in [4.78, 5) is 0. The minimum Gasteiger partial charge on any atom is -0.315 e. The van der Waals surface area contributed by atoms with Crippen molar-refractivity contribution in [1.29, 1.82) is 0 Å². The van der Waals surface area contributed by atoms with Crippen LogP contribution in [0.2, 0.25) is 0 Å². The van der Waals surface area contributed by atoms with Crippen molar-refractivity contribution in [3.63, 3.8) is 0 Å². The normalized spacial score (nSPS) is 33.2. The first kappa shape index (κ1) is 10.4. The molecule has 2 nitrogen and oxygen atoms in total. The fourth-order valence-corrected chi connectivity index (χ4v) is 2.41. The van der Waals surface area contributed by atoms with Gasteiger partial charge >= 0.3 is 0 Å². The average Bonchev–Trinajstić information content (AvgIpc) is 3.02. The van der Waals surface area contributed by atoms with Crippen molar-refractivity contribution in [3.05, 3.63) is 0 Å². The van der Waals surface area contributed by atoms with E-state index in [-0.39, 0.29) is 0 Å². The second-order valence-corrected chi connectivity index (χ2v) is 5.05. The van der Waals surface area contributed by atoms with Crippen LogP contribution in [0.3, 0.4) is 0 Å². The highest BCUT2D eigenvalue weighted by molar-refractivity contribution is 4.81. The Hall–Kier alpha value is -0.0800. The summed E-state index contributed by atoms with van der Waals surface area (Å²) in [5.41, 5.74) is 0. The van der Waals surface area contributed by atoms with E-state index in [9.17, 15) is 0 Å². The third-order valence-electron chi connectivity index (χ3n) is 3.70. The van der Waals surface area contributed by atoms with E-state index in [1.165, 1.54) is 51.7 Å². The molecular weight excluding hydrogens is 172 g/mol. The predicted molar refractivity (Wildman–Crippen MR) is 60.4 cm³/mol. The van der Waals surface area contributed by atoms with Gasteiger partial charge in [-0.05, 0) is 50.6 Å². The second-order valence-electron chi connectivity index (χ2n) is 5.05. The summed E-state index contributed by atoms with van der Waals surface area (Å²) in [7, 11) is 0. The maximum absolute atomic E-state index is 3.62. The van der Waals surface area contributed by atoms with Crippen LogP contribution in [0.5, 0.6) is 0 Å². The standard InChI is InChI=1S/C12H24N2/c1-2-10-5-6-14-12(7-10)9-13-8-11-3-4-11/h10-14H,2-9H2,1H3. The molecule has 2 aliphatic rings. The Morgan fingerprint density at radius 1 is 1.14 bits per heavy atom. The molecule has 0 spiro atoms. The van der Waals surface area contributed by atoms with Gasteiger partial charge < -0.3 is 10.6 Å². The highest BCUT2D eigenvalue weighted by Gasteiger charge is 2.22. The van der Waals surface area contributed by atoms with Crippen LogP contribution in [-0.4, -0.2) is 25.7 Å². The van der Waals surface area contributed by atoms with E-state index >= 15 is 0 Å². The SMILES string of the molecule is CCC1CCNC(CNCC2CC2)C1. The van der Waals surface area contributed by atoms with Crippen molar-refractivity contribution < 1.29 is 0 Å². The Bertz CT molecular complexity index is 166. The molecule has 0 aromatic rings. The number of hydrogen-bond donors (Lipinski definition) is 2. The Balaban J connectivity index is 1.58. The molecule has 1 saturated carbocycles. The molecule has 2 unspecified atom stereocenters. The summed E-state index contributed by atoms with van der Waals surface area (Å²) >= 11 is 0. The molecule has 1 aliphatic heterocycles. The zero-order valence-corrected chi connectivity index (χ0v) is 9.39. The Morgan fingerprint density at radius 2 is 2.00 bits per heavy atom. The molecule has 0 aromatic carbocycles. The molecule has 2 heteroatoms. The lowest BCUT2D eigenvalue weighted by Crippen LogP contribution is -2.44. The third kappa shape index (κ3) is 3.25. The van der Waals surface area contributed by atoms with Crippen molar-refractivity contribution in [3.8, 4) is 0 Å². The summed E-state index contributed by atoms with van der Waals surface area (Å²) in [5.74, 6) is 1.99. The predicted octanol–water partition coefficient (Wildman–Crippen LogP) is 1.76. The molecule has 2 atom stereocenters. The first-order chi connectivity index (χ1) is 6.88. The van der Waals surface area contributed by atoms with E-state index in [1.807, 2.05) is 0 Å². The molecule has 1 aliphatic carbocycles. The molecule has 0 aromatic heterocycles. The molecule has 0 bridgehead atoms. The quantitative estimate of drug-likeness (QED) is 0.700. The summed E-state index contributed by atoms with van der Waals surface area (Å²) in [5, 5.41) is 7.21. The first-order valence-corrected chi connectivity index (χ1v) is 6.32. The van der Waals surface area contributed by atoms with Crippen molar-refractivity contribution in [2.24, 2.45) is 11.8 Å². The largest absolute Gasteiger partial charge is 0.315 e. The van der Waals surface area contributed by atoms with Crippen LogP contribution >= 0.6 is 0 Å². The van der Waals surface area contributed by atoms with Crippen LogP contribution in [0.25, 0.3) is 0 Å². The molecule has 2 rings (SSSR count). The smallest absolute Gasteiger partial charge is 0.0195 e. The van der Waals surface area contributed by atoms with Crippen molar-refractivity contribution in [1.82, 2.24) is 10.6 Å².